The fraction of sp³-hybridized carbons (Fsp3) is 0.286. The van der Waals surface area contributed by atoms with Crippen molar-refractivity contribution in [2.45, 2.75) is 6.92 Å². The van der Waals surface area contributed by atoms with Crippen LogP contribution in [-0.4, -0.2) is 12.3 Å². The summed E-state index contributed by atoms with van der Waals surface area (Å²) in [5.74, 6) is -0.0897. The van der Waals surface area contributed by atoms with Gasteiger partial charge in [-0.2, -0.15) is 0 Å². The van der Waals surface area contributed by atoms with Gasteiger partial charge < -0.3 is 5.73 Å². The Balaban J connectivity index is 3.03. The lowest BCUT2D eigenvalue weighted by Gasteiger charge is -1.90. The third kappa shape index (κ3) is 1.80. The average molecular weight is 190 g/mol. The first-order valence-corrected chi connectivity index (χ1v) is 4.33. The summed E-state index contributed by atoms with van der Waals surface area (Å²) in [6.07, 6.45) is 0. The first-order valence-electron chi connectivity index (χ1n) is 3.14. The predicted molar refractivity (Wildman–Crippen MR) is 47.5 cm³/mol. The Morgan fingerprint density at radius 2 is 2.45 bits per heavy atom. The van der Waals surface area contributed by atoms with Gasteiger partial charge >= 0.3 is 0 Å². The molecule has 60 valence electrons. The van der Waals surface area contributed by atoms with Crippen molar-refractivity contribution in [3.8, 4) is 0 Å². The molecule has 1 aromatic heterocycles. The lowest BCUT2D eigenvalue weighted by Crippen LogP contribution is -2.12. The smallest absolute Gasteiger partial charge is 0.187 e. The minimum absolute atomic E-state index is 0.0275. The maximum Gasteiger partial charge on any atom is 0.187 e. The normalized spacial score (nSPS) is 10.1. The Hall–Kier alpha value is -0.380. The van der Waals surface area contributed by atoms with Gasteiger partial charge in [0.05, 0.1) is 16.4 Å². The molecule has 0 radical (unpaired) electrons. The predicted octanol–water partition coefficient (Wildman–Crippen LogP) is 1.85. The number of hydrogen-bond acceptors (Lipinski definition) is 3. The van der Waals surface area contributed by atoms with E-state index in [9.17, 15) is 4.79 Å². The Labute approximate surface area is 74.0 Å². The fourth-order valence-corrected chi connectivity index (χ4v) is 2.07. The van der Waals surface area contributed by atoms with E-state index < -0.39 is 0 Å². The zero-order valence-electron chi connectivity index (χ0n) is 6.06. The van der Waals surface area contributed by atoms with E-state index in [1.54, 1.807) is 6.07 Å². The van der Waals surface area contributed by atoms with E-state index in [2.05, 4.69) is 0 Å². The van der Waals surface area contributed by atoms with Crippen LogP contribution in [0.2, 0.25) is 5.02 Å². The van der Waals surface area contributed by atoms with Gasteiger partial charge in [0.2, 0.25) is 0 Å². The second kappa shape index (κ2) is 3.34. The maximum absolute atomic E-state index is 11.0. The molecule has 0 unspecified atom stereocenters. The largest absolute Gasteiger partial charge is 0.324 e. The Morgan fingerprint density at radius 1 is 1.82 bits per heavy atom. The summed E-state index contributed by atoms with van der Waals surface area (Å²) in [6, 6.07) is 1.77. The topological polar surface area (TPSA) is 43.1 Å². The number of hydrogen-bond donors (Lipinski definition) is 1. The minimum Gasteiger partial charge on any atom is -0.324 e. The van der Waals surface area contributed by atoms with Gasteiger partial charge in [0.1, 0.15) is 0 Å². The Morgan fingerprint density at radius 3 is 2.82 bits per heavy atom. The van der Waals surface area contributed by atoms with E-state index in [0.29, 0.717) is 9.90 Å². The summed E-state index contributed by atoms with van der Waals surface area (Å²) >= 11 is 7.14. The maximum atomic E-state index is 11.0. The number of ketones is 1. The van der Waals surface area contributed by atoms with Crippen LogP contribution in [0.3, 0.4) is 0 Å². The number of nitrogens with two attached hydrogens (primary N) is 1. The van der Waals surface area contributed by atoms with E-state index >= 15 is 0 Å². The second-order valence-electron chi connectivity index (χ2n) is 2.16. The first-order chi connectivity index (χ1) is 5.15. The summed E-state index contributed by atoms with van der Waals surface area (Å²) in [4.78, 5) is 12.7. The van der Waals surface area contributed by atoms with Gasteiger partial charge in [-0.1, -0.05) is 11.6 Å². The van der Waals surface area contributed by atoms with Gasteiger partial charge in [-0.3, -0.25) is 4.79 Å². The van der Waals surface area contributed by atoms with Gasteiger partial charge in [0.15, 0.2) is 5.78 Å². The third-order valence-corrected chi connectivity index (χ3v) is 2.75. The summed E-state index contributed by atoms with van der Waals surface area (Å²) in [6.45, 7) is 1.93. The van der Waals surface area contributed by atoms with Crippen LogP contribution in [0.5, 0.6) is 0 Å². The summed E-state index contributed by atoms with van der Waals surface area (Å²) in [5, 5.41) is 0.517. The number of rotatable bonds is 2. The van der Waals surface area contributed by atoms with E-state index in [4.69, 9.17) is 17.3 Å². The number of Topliss-reactive ketones (excluding diaryl/α,β-unsaturated/α-hetero) is 1. The molecule has 0 atom stereocenters. The van der Waals surface area contributed by atoms with Gasteiger partial charge in [-0.25, -0.2) is 0 Å². The van der Waals surface area contributed by atoms with E-state index in [1.807, 2.05) is 6.92 Å². The highest BCUT2D eigenvalue weighted by molar-refractivity contribution is 7.14. The Bertz CT molecular complexity index is 282. The van der Waals surface area contributed by atoms with Gasteiger partial charge in [0, 0.05) is 4.88 Å². The fourth-order valence-electron chi connectivity index (χ4n) is 0.766. The molecule has 1 rings (SSSR count). The molecule has 0 saturated heterocycles. The molecule has 0 aromatic carbocycles. The molecule has 2 nitrogen and oxygen atoms in total. The van der Waals surface area contributed by atoms with Crippen LogP contribution in [0.15, 0.2) is 6.07 Å². The SMILES string of the molecule is Cc1cc(Cl)c(C(=O)CN)s1. The molecule has 4 heteroatoms. The van der Waals surface area contributed by atoms with Crippen molar-refractivity contribution in [2.24, 2.45) is 5.73 Å². The average Bonchev–Trinajstić information content (AvgIpc) is 2.28. The molecule has 1 heterocycles. The van der Waals surface area contributed by atoms with Gasteiger partial charge in [0.25, 0.3) is 0 Å². The van der Waals surface area contributed by atoms with Crippen LogP contribution in [0.4, 0.5) is 0 Å². The molecule has 0 saturated carbocycles. The van der Waals surface area contributed by atoms with E-state index in [1.165, 1.54) is 11.3 Å². The van der Waals surface area contributed by atoms with Crippen molar-refractivity contribution in [3.05, 3.63) is 20.8 Å². The van der Waals surface area contributed by atoms with Gasteiger partial charge in [-0.05, 0) is 13.0 Å². The zero-order chi connectivity index (χ0) is 8.43. The molecule has 0 bridgehead atoms. The lowest BCUT2D eigenvalue weighted by atomic mass is 10.3. The highest BCUT2D eigenvalue weighted by Gasteiger charge is 2.11. The molecular weight excluding hydrogens is 182 g/mol. The lowest BCUT2D eigenvalue weighted by molar-refractivity contribution is 0.101. The number of aryl methyl sites for hydroxylation is 1. The number of carbonyl (C=O) groups excluding carboxylic acids is 1. The monoisotopic (exact) mass is 189 g/mol. The second-order valence-corrected chi connectivity index (χ2v) is 3.82. The van der Waals surface area contributed by atoms with E-state index in [-0.39, 0.29) is 12.3 Å². The van der Waals surface area contributed by atoms with Gasteiger partial charge in [-0.15, -0.1) is 11.3 Å². The number of halogens is 1. The molecule has 2 N–H and O–H groups in total. The van der Waals surface area contributed by atoms with Crippen LogP contribution in [0.25, 0.3) is 0 Å². The van der Waals surface area contributed by atoms with Crippen molar-refractivity contribution >= 4 is 28.7 Å². The van der Waals surface area contributed by atoms with Crippen molar-refractivity contribution in [2.75, 3.05) is 6.54 Å². The highest BCUT2D eigenvalue weighted by Crippen LogP contribution is 2.26. The van der Waals surface area contributed by atoms with Crippen molar-refractivity contribution in [1.82, 2.24) is 0 Å². The minimum atomic E-state index is -0.0897. The standard InChI is InChI=1S/C7H8ClNOS/c1-4-2-5(8)7(11-4)6(10)3-9/h2H,3,9H2,1H3. The van der Waals surface area contributed by atoms with Crippen LogP contribution in [-0.2, 0) is 0 Å². The summed E-state index contributed by atoms with van der Waals surface area (Å²) < 4.78 is 0. The molecule has 0 aliphatic rings. The van der Waals surface area contributed by atoms with E-state index in [0.717, 1.165) is 4.88 Å². The molecule has 0 spiro atoms. The highest BCUT2D eigenvalue weighted by atomic mass is 35.5. The molecule has 0 fully saturated rings. The molecule has 0 aliphatic carbocycles. The molecule has 0 aliphatic heterocycles. The molecular formula is C7H8ClNOS. The third-order valence-electron chi connectivity index (χ3n) is 1.25. The molecule has 11 heavy (non-hydrogen) atoms. The van der Waals surface area contributed by atoms with Crippen LogP contribution >= 0.6 is 22.9 Å². The summed E-state index contributed by atoms with van der Waals surface area (Å²) in [7, 11) is 0. The Kier molecular flexibility index (Phi) is 2.65. The quantitative estimate of drug-likeness (QED) is 0.722. The number of thiophene rings is 1. The van der Waals surface area contributed by atoms with Crippen LogP contribution in [0, 0.1) is 6.92 Å². The van der Waals surface area contributed by atoms with Crippen molar-refractivity contribution in [3.63, 3.8) is 0 Å². The zero-order valence-corrected chi connectivity index (χ0v) is 7.63. The van der Waals surface area contributed by atoms with Crippen LogP contribution in [0.1, 0.15) is 14.5 Å². The first kappa shape index (κ1) is 8.71. The van der Waals surface area contributed by atoms with Crippen molar-refractivity contribution < 1.29 is 4.79 Å². The summed E-state index contributed by atoms with van der Waals surface area (Å²) in [5.41, 5.74) is 5.18. The molecule has 0 amide bonds. The van der Waals surface area contributed by atoms with Crippen LogP contribution < -0.4 is 5.73 Å². The number of carbonyl (C=O) groups is 1. The van der Waals surface area contributed by atoms with Crippen molar-refractivity contribution in [1.29, 1.82) is 0 Å². The molecule has 1 aromatic rings.